The van der Waals surface area contributed by atoms with Gasteiger partial charge < -0.3 is 39.4 Å². The van der Waals surface area contributed by atoms with E-state index in [0.717, 1.165) is 94.3 Å². The second-order valence-electron chi connectivity index (χ2n) is 14.7. The number of benzene rings is 1. The first-order valence-corrected chi connectivity index (χ1v) is 18.3. The van der Waals surface area contributed by atoms with E-state index in [4.69, 9.17) is 33.9 Å². The molecule has 272 valence electrons. The van der Waals surface area contributed by atoms with Crippen LogP contribution in [0.2, 0.25) is 0 Å². The molecule has 4 aliphatic heterocycles. The molecule has 2 unspecified atom stereocenters. The molecule has 3 aromatic rings. The molecule has 2 aromatic heterocycles. The van der Waals surface area contributed by atoms with E-state index in [0.29, 0.717) is 25.7 Å². The highest BCUT2D eigenvalue weighted by Crippen LogP contribution is 2.44. The summed E-state index contributed by atoms with van der Waals surface area (Å²) >= 11 is 0. The van der Waals surface area contributed by atoms with Crippen LogP contribution >= 0.6 is 0 Å². The summed E-state index contributed by atoms with van der Waals surface area (Å²) in [5, 5.41) is 6.81. The van der Waals surface area contributed by atoms with Crippen molar-refractivity contribution >= 4 is 29.0 Å². The monoisotopic (exact) mass is 688 g/mol. The van der Waals surface area contributed by atoms with E-state index >= 15 is 0 Å². The quantitative estimate of drug-likeness (QED) is 0.314. The van der Waals surface area contributed by atoms with E-state index in [1.807, 2.05) is 24.4 Å². The number of aromatic nitrogens is 3. The Bertz CT molecular complexity index is 1500. The van der Waals surface area contributed by atoms with Gasteiger partial charge >= 0.3 is 0 Å². The van der Waals surface area contributed by atoms with Crippen molar-refractivity contribution < 1.29 is 18.9 Å². The molecular weight excluding hydrogens is 632 g/mol. The molecule has 12 heteroatoms. The first-order valence-electron chi connectivity index (χ1n) is 18.3. The zero-order valence-corrected chi connectivity index (χ0v) is 30.6. The number of hydrogen-bond acceptors (Lipinski definition) is 12. The molecule has 0 saturated carbocycles. The van der Waals surface area contributed by atoms with Crippen LogP contribution in [-0.4, -0.2) is 117 Å². The number of anilines is 5. The van der Waals surface area contributed by atoms with Crippen LogP contribution in [-0.2, 0) is 24.4 Å². The fourth-order valence-electron chi connectivity index (χ4n) is 6.63. The molecule has 12 nitrogen and oxygen atoms in total. The summed E-state index contributed by atoms with van der Waals surface area (Å²) in [5.74, 6) is 2.24. The number of nitrogens with one attached hydrogen (secondary N) is 2. The van der Waals surface area contributed by atoms with Crippen LogP contribution in [0.1, 0.15) is 58.4 Å². The van der Waals surface area contributed by atoms with Crippen molar-refractivity contribution in [3.8, 4) is 0 Å². The van der Waals surface area contributed by atoms with Gasteiger partial charge in [0.1, 0.15) is 17.7 Å². The summed E-state index contributed by atoms with van der Waals surface area (Å²) < 4.78 is 23.0. The molecule has 0 aliphatic carbocycles. The predicted octanol–water partition coefficient (Wildman–Crippen LogP) is 5.07. The summed E-state index contributed by atoms with van der Waals surface area (Å²) in [6.45, 7) is 22.9. The maximum absolute atomic E-state index is 6.30. The van der Waals surface area contributed by atoms with Crippen molar-refractivity contribution in [3.63, 3.8) is 0 Å². The second-order valence-corrected chi connectivity index (χ2v) is 14.7. The highest BCUT2D eigenvalue weighted by molar-refractivity contribution is 5.69. The van der Waals surface area contributed by atoms with Crippen LogP contribution < -0.4 is 20.4 Å². The maximum atomic E-state index is 6.30. The number of morpholine rings is 3. The van der Waals surface area contributed by atoms with Gasteiger partial charge in [-0.1, -0.05) is 19.9 Å². The van der Waals surface area contributed by atoms with Gasteiger partial charge in [-0.15, -0.1) is 0 Å². The lowest BCUT2D eigenvalue weighted by atomic mass is 9.87. The Kier molecular flexibility index (Phi) is 12.2. The molecule has 7 rings (SSSR count). The van der Waals surface area contributed by atoms with Crippen LogP contribution in [0, 0.1) is 0 Å². The number of hydrogen-bond donors (Lipinski definition) is 2. The summed E-state index contributed by atoms with van der Waals surface area (Å²) in [6, 6.07) is 14.5. The predicted molar refractivity (Wildman–Crippen MR) is 198 cm³/mol. The molecule has 2 atom stereocenters. The fourth-order valence-corrected chi connectivity index (χ4v) is 6.63. The average molecular weight is 689 g/mol. The number of rotatable bonds is 9. The van der Waals surface area contributed by atoms with E-state index in [9.17, 15) is 0 Å². The average Bonchev–Trinajstić information content (AvgIpc) is 3.44. The Labute approximate surface area is 297 Å². The maximum Gasteiger partial charge on any atom is 0.229 e. The Hall–Kier alpha value is -3.39. The molecule has 0 radical (unpaired) electrons. The lowest BCUT2D eigenvalue weighted by Gasteiger charge is -2.30. The Morgan fingerprint density at radius 2 is 1.70 bits per heavy atom. The minimum atomic E-state index is -0.304. The van der Waals surface area contributed by atoms with Gasteiger partial charge in [0.2, 0.25) is 5.95 Å². The van der Waals surface area contributed by atoms with Crippen molar-refractivity contribution in [2.24, 2.45) is 0 Å². The van der Waals surface area contributed by atoms with Gasteiger partial charge in [0.25, 0.3) is 0 Å². The van der Waals surface area contributed by atoms with Crippen LogP contribution in [0.4, 0.5) is 29.0 Å². The first-order chi connectivity index (χ1) is 24.2. The normalized spacial score (nSPS) is 22.9. The lowest BCUT2D eigenvalue weighted by Crippen LogP contribution is -2.37. The molecule has 2 N–H and O–H groups in total. The molecule has 50 heavy (non-hydrogen) atoms. The summed E-state index contributed by atoms with van der Waals surface area (Å²) in [7, 11) is 0. The van der Waals surface area contributed by atoms with Crippen LogP contribution in [0.3, 0.4) is 0 Å². The fraction of sp³-hybridized carbons (Fsp3) is 0.605. The van der Waals surface area contributed by atoms with Crippen LogP contribution in [0.5, 0.6) is 0 Å². The van der Waals surface area contributed by atoms with Crippen molar-refractivity contribution in [2.45, 2.75) is 58.2 Å². The van der Waals surface area contributed by atoms with Gasteiger partial charge in [0, 0.05) is 74.4 Å². The zero-order chi connectivity index (χ0) is 35.0. The molecule has 1 aromatic carbocycles. The number of pyridine rings is 1. The minimum Gasteiger partial charge on any atom is -0.379 e. The number of fused-ring (bicyclic) bond motifs is 1. The molecule has 0 spiro atoms. The van der Waals surface area contributed by atoms with Crippen molar-refractivity contribution in [1.82, 2.24) is 25.2 Å². The van der Waals surface area contributed by atoms with Crippen LogP contribution in [0.15, 0.2) is 48.7 Å². The Morgan fingerprint density at radius 3 is 2.38 bits per heavy atom. The molecule has 0 bridgehead atoms. The third kappa shape index (κ3) is 9.48. The largest absolute Gasteiger partial charge is 0.379 e. The third-order valence-corrected chi connectivity index (χ3v) is 9.44. The SMILES string of the molecule is CC(C)(C)OCC1(C)CN(c2cccc(C3CNCCO3)n2)c2nc(Nc3ccc(N4CCOCC4)cc3)ncc21.CCCN1CCOCC1. The lowest BCUT2D eigenvalue weighted by molar-refractivity contribution is -0.0252. The van der Waals surface area contributed by atoms with E-state index < -0.39 is 0 Å². The first kappa shape index (κ1) is 36.4. The zero-order valence-electron chi connectivity index (χ0n) is 30.6. The standard InChI is InChI=1S/C31H41N7O3.C7H15NO/c1-30(2,3)41-21-31(4)20-38(27-7-5-6-25(35-27)26-19-32-12-15-40-26)28-24(31)18-33-29(36-28)34-22-8-10-23(11-9-22)37-13-16-39-17-14-37;1-2-3-8-4-6-9-7-5-8/h5-11,18,26,32H,12-17,19-21H2,1-4H3,(H,33,34,36);2-7H2,1H3. The molecule has 0 amide bonds. The smallest absolute Gasteiger partial charge is 0.229 e. The van der Waals surface area contributed by atoms with Crippen molar-refractivity contribution in [2.75, 3.05) is 107 Å². The van der Waals surface area contributed by atoms with Gasteiger partial charge in [-0.25, -0.2) is 9.97 Å². The van der Waals surface area contributed by atoms with Gasteiger partial charge in [-0.2, -0.15) is 4.98 Å². The van der Waals surface area contributed by atoms with Gasteiger partial charge in [0.05, 0.1) is 50.9 Å². The minimum absolute atomic E-state index is 0.0653. The highest BCUT2D eigenvalue weighted by atomic mass is 16.5. The molecular formula is C38H56N8O4. The van der Waals surface area contributed by atoms with Crippen molar-refractivity contribution in [1.29, 1.82) is 0 Å². The number of ether oxygens (including phenoxy) is 4. The Balaban J connectivity index is 0.000000419. The van der Waals surface area contributed by atoms with E-state index in [1.165, 1.54) is 18.7 Å². The summed E-state index contributed by atoms with van der Waals surface area (Å²) in [6.07, 6.45) is 3.14. The highest BCUT2D eigenvalue weighted by Gasteiger charge is 2.43. The van der Waals surface area contributed by atoms with Crippen LogP contribution in [0.25, 0.3) is 0 Å². The molecule has 3 fully saturated rings. The van der Waals surface area contributed by atoms with Gasteiger partial charge in [0.15, 0.2) is 0 Å². The van der Waals surface area contributed by atoms with E-state index in [-0.39, 0.29) is 17.1 Å². The van der Waals surface area contributed by atoms with Gasteiger partial charge in [-0.05, 0) is 70.1 Å². The number of nitrogens with zero attached hydrogens (tertiary/aromatic N) is 6. The summed E-state index contributed by atoms with van der Waals surface area (Å²) in [5.41, 5.74) is 3.54. The van der Waals surface area contributed by atoms with E-state index in [1.54, 1.807) is 0 Å². The third-order valence-electron chi connectivity index (χ3n) is 9.44. The van der Waals surface area contributed by atoms with E-state index in [2.05, 4.69) is 84.2 Å². The summed E-state index contributed by atoms with van der Waals surface area (Å²) in [4.78, 5) is 21.8. The van der Waals surface area contributed by atoms with Gasteiger partial charge in [-0.3, -0.25) is 4.90 Å². The molecule has 4 aliphatic rings. The molecule has 3 saturated heterocycles. The molecule has 6 heterocycles. The topological polar surface area (TPSA) is 109 Å². The Morgan fingerprint density at radius 1 is 0.960 bits per heavy atom. The second kappa shape index (κ2) is 16.8. The van der Waals surface area contributed by atoms with Crippen molar-refractivity contribution in [3.05, 3.63) is 59.9 Å².